The van der Waals surface area contributed by atoms with Crippen LogP contribution in [0.5, 0.6) is 0 Å². The van der Waals surface area contributed by atoms with Crippen molar-refractivity contribution in [3.05, 3.63) is 27.2 Å². The molecule has 1 N–H and O–H groups in total. The van der Waals surface area contributed by atoms with Gasteiger partial charge in [0.2, 0.25) is 0 Å². The molecule has 2 rings (SSSR count). The third-order valence-electron chi connectivity index (χ3n) is 2.96. The molecule has 1 aromatic carbocycles. The van der Waals surface area contributed by atoms with E-state index in [0.29, 0.717) is 33.8 Å². The lowest BCUT2D eigenvalue weighted by molar-refractivity contribution is -0.0530. The van der Waals surface area contributed by atoms with E-state index in [1.165, 1.54) is 12.1 Å². The van der Waals surface area contributed by atoms with Gasteiger partial charge in [0.1, 0.15) is 0 Å². The number of amides is 2. The number of urea groups is 1. The summed E-state index contributed by atoms with van der Waals surface area (Å²) in [7, 11) is 0. The van der Waals surface area contributed by atoms with Gasteiger partial charge >= 0.3 is 6.03 Å². The van der Waals surface area contributed by atoms with Gasteiger partial charge in [0.15, 0.2) is 0 Å². The van der Waals surface area contributed by atoms with Crippen LogP contribution in [-0.2, 0) is 4.74 Å². The lowest BCUT2D eigenvalue weighted by Gasteiger charge is -2.35. The normalized spacial score (nSPS) is 22.8. The maximum absolute atomic E-state index is 12.2. The lowest BCUT2D eigenvalue weighted by Crippen LogP contribution is -2.49. The Kier molecular flexibility index (Phi) is 5.02. The summed E-state index contributed by atoms with van der Waals surface area (Å²) in [6.45, 7) is 4.94. The van der Waals surface area contributed by atoms with Gasteiger partial charge in [-0.05, 0) is 26.0 Å². The second-order valence-electron chi connectivity index (χ2n) is 4.84. The maximum Gasteiger partial charge on any atom is 0.322 e. The van der Waals surface area contributed by atoms with Crippen molar-refractivity contribution in [2.75, 3.05) is 18.4 Å². The molecular formula is C13H15Cl3N2O2. The molecular weight excluding hydrogens is 323 g/mol. The van der Waals surface area contributed by atoms with E-state index in [4.69, 9.17) is 39.5 Å². The van der Waals surface area contributed by atoms with Crippen molar-refractivity contribution >= 4 is 46.5 Å². The smallest absolute Gasteiger partial charge is 0.322 e. The summed E-state index contributed by atoms with van der Waals surface area (Å²) < 4.78 is 5.59. The number of benzene rings is 1. The van der Waals surface area contributed by atoms with E-state index in [1.807, 2.05) is 13.8 Å². The van der Waals surface area contributed by atoms with Crippen molar-refractivity contribution in [1.82, 2.24) is 4.90 Å². The molecule has 20 heavy (non-hydrogen) atoms. The summed E-state index contributed by atoms with van der Waals surface area (Å²) in [5.41, 5.74) is 0.442. The van der Waals surface area contributed by atoms with Crippen LogP contribution < -0.4 is 5.32 Å². The molecule has 1 aromatic rings. The summed E-state index contributed by atoms with van der Waals surface area (Å²) >= 11 is 17.8. The Morgan fingerprint density at radius 2 is 1.70 bits per heavy atom. The maximum atomic E-state index is 12.2. The Hall–Kier alpha value is -0.680. The number of anilines is 1. The van der Waals surface area contributed by atoms with Gasteiger partial charge in [-0.2, -0.15) is 0 Å². The molecule has 1 heterocycles. The second-order valence-corrected chi connectivity index (χ2v) is 6.06. The monoisotopic (exact) mass is 336 g/mol. The zero-order chi connectivity index (χ0) is 14.9. The Morgan fingerprint density at radius 3 is 2.30 bits per heavy atom. The zero-order valence-electron chi connectivity index (χ0n) is 11.1. The Morgan fingerprint density at radius 1 is 1.15 bits per heavy atom. The minimum absolute atomic E-state index is 0.00813. The fourth-order valence-corrected chi connectivity index (χ4v) is 2.75. The van der Waals surface area contributed by atoms with Gasteiger partial charge < -0.3 is 15.0 Å². The van der Waals surface area contributed by atoms with Gasteiger partial charge in [-0.15, -0.1) is 0 Å². The summed E-state index contributed by atoms with van der Waals surface area (Å²) in [6, 6.07) is 2.82. The van der Waals surface area contributed by atoms with Gasteiger partial charge in [0.25, 0.3) is 0 Å². The number of carbonyl (C=O) groups excluding carboxylic acids is 1. The highest BCUT2D eigenvalue weighted by atomic mass is 35.5. The number of rotatable bonds is 1. The van der Waals surface area contributed by atoms with Gasteiger partial charge in [0.05, 0.1) is 33.0 Å². The standard InChI is InChI=1S/C13H15Cl3N2O2/c1-7-5-18(6-8(2)20-7)13(19)17-12-4-10(15)9(14)3-11(12)16/h3-4,7-8H,5-6H2,1-2H3,(H,17,19)/t7-,8+. The van der Waals surface area contributed by atoms with Gasteiger partial charge in [-0.3, -0.25) is 0 Å². The molecule has 0 radical (unpaired) electrons. The molecule has 1 saturated heterocycles. The average molecular weight is 338 g/mol. The molecule has 2 atom stereocenters. The van der Waals surface area contributed by atoms with Gasteiger partial charge in [-0.1, -0.05) is 34.8 Å². The Balaban J connectivity index is 2.10. The van der Waals surface area contributed by atoms with Crippen LogP contribution in [0.4, 0.5) is 10.5 Å². The quantitative estimate of drug-likeness (QED) is 0.777. The van der Waals surface area contributed by atoms with Crippen LogP contribution in [-0.4, -0.2) is 36.2 Å². The van der Waals surface area contributed by atoms with Crippen LogP contribution in [0.1, 0.15) is 13.8 Å². The third kappa shape index (κ3) is 3.70. The highest BCUT2D eigenvalue weighted by Crippen LogP contribution is 2.32. The number of carbonyl (C=O) groups is 1. The number of nitrogens with one attached hydrogen (secondary N) is 1. The number of hydrogen-bond acceptors (Lipinski definition) is 2. The fourth-order valence-electron chi connectivity index (χ4n) is 2.16. The predicted molar refractivity (Wildman–Crippen MR) is 82.1 cm³/mol. The second kappa shape index (κ2) is 6.39. The van der Waals surface area contributed by atoms with Crippen molar-refractivity contribution in [1.29, 1.82) is 0 Å². The SMILES string of the molecule is C[C@@H]1CN(C(=O)Nc2cc(Cl)c(Cl)cc2Cl)C[C@H](C)O1. The molecule has 4 nitrogen and oxygen atoms in total. The molecule has 1 fully saturated rings. The molecule has 0 aromatic heterocycles. The van der Waals surface area contributed by atoms with Crippen molar-refractivity contribution in [3.63, 3.8) is 0 Å². The topological polar surface area (TPSA) is 41.6 Å². The van der Waals surface area contributed by atoms with Crippen LogP contribution >= 0.6 is 34.8 Å². The highest BCUT2D eigenvalue weighted by Gasteiger charge is 2.26. The van der Waals surface area contributed by atoms with E-state index in [1.54, 1.807) is 4.90 Å². The van der Waals surface area contributed by atoms with E-state index in [2.05, 4.69) is 5.32 Å². The Labute approximate surface area is 132 Å². The zero-order valence-corrected chi connectivity index (χ0v) is 13.4. The predicted octanol–water partition coefficient (Wildman–Crippen LogP) is 4.29. The molecule has 110 valence electrons. The lowest BCUT2D eigenvalue weighted by atomic mass is 10.2. The first kappa shape index (κ1) is 15.7. The van der Waals surface area contributed by atoms with Crippen molar-refractivity contribution in [2.45, 2.75) is 26.1 Å². The van der Waals surface area contributed by atoms with E-state index in [-0.39, 0.29) is 18.2 Å². The first-order chi connectivity index (χ1) is 9.36. The number of hydrogen-bond donors (Lipinski definition) is 1. The summed E-state index contributed by atoms with van der Waals surface area (Å²) in [5.74, 6) is 0. The molecule has 2 amide bonds. The van der Waals surface area contributed by atoms with Crippen molar-refractivity contribution < 1.29 is 9.53 Å². The molecule has 0 bridgehead atoms. The van der Waals surface area contributed by atoms with E-state index >= 15 is 0 Å². The minimum Gasteiger partial charge on any atom is -0.372 e. The summed E-state index contributed by atoms with van der Waals surface area (Å²) in [4.78, 5) is 13.9. The molecule has 7 heteroatoms. The van der Waals surface area contributed by atoms with E-state index in [9.17, 15) is 4.79 Å². The third-order valence-corrected chi connectivity index (χ3v) is 3.99. The molecule has 1 aliphatic heterocycles. The first-order valence-electron chi connectivity index (χ1n) is 6.22. The fraction of sp³-hybridized carbons (Fsp3) is 0.462. The number of halogens is 3. The van der Waals surface area contributed by atoms with Crippen LogP contribution in [0.2, 0.25) is 15.1 Å². The van der Waals surface area contributed by atoms with Gasteiger partial charge in [0, 0.05) is 13.1 Å². The molecule has 0 aliphatic carbocycles. The average Bonchev–Trinajstić information content (AvgIpc) is 2.34. The highest BCUT2D eigenvalue weighted by molar-refractivity contribution is 6.44. The largest absolute Gasteiger partial charge is 0.372 e. The van der Waals surface area contributed by atoms with E-state index in [0.717, 1.165) is 0 Å². The van der Waals surface area contributed by atoms with Crippen LogP contribution in [0.3, 0.4) is 0 Å². The van der Waals surface area contributed by atoms with Crippen molar-refractivity contribution in [3.8, 4) is 0 Å². The molecule has 0 saturated carbocycles. The Bertz CT molecular complexity index is 515. The van der Waals surface area contributed by atoms with Crippen molar-refractivity contribution in [2.24, 2.45) is 0 Å². The molecule has 0 spiro atoms. The van der Waals surface area contributed by atoms with Crippen LogP contribution in [0.25, 0.3) is 0 Å². The molecule has 1 aliphatic rings. The minimum atomic E-state index is -0.229. The van der Waals surface area contributed by atoms with Crippen LogP contribution in [0, 0.1) is 0 Å². The van der Waals surface area contributed by atoms with E-state index < -0.39 is 0 Å². The summed E-state index contributed by atoms with van der Waals surface area (Å²) in [5, 5.41) is 3.79. The number of nitrogens with zero attached hydrogens (tertiary/aromatic N) is 1. The van der Waals surface area contributed by atoms with Crippen LogP contribution in [0.15, 0.2) is 12.1 Å². The molecule has 0 unspecified atom stereocenters. The first-order valence-corrected chi connectivity index (χ1v) is 7.36. The number of ether oxygens (including phenoxy) is 1. The number of morpholine rings is 1. The summed E-state index contributed by atoms with van der Waals surface area (Å²) in [6.07, 6.45) is 0.0163. The van der Waals surface area contributed by atoms with Gasteiger partial charge in [-0.25, -0.2) is 4.79 Å².